The Kier molecular flexibility index (Phi) is 2.81. The smallest absolute Gasteiger partial charge is 0.169 e. The summed E-state index contributed by atoms with van der Waals surface area (Å²) in [4.78, 5) is 13.7. The third-order valence-electron chi connectivity index (χ3n) is 7.40. The number of benzene rings is 2. The Morgan fingerprint density at radius 3 is 2.87 bits per heavy atom. The zero-order chi connectivity index (χ0) is 15.6. The molecule has 2 bridgehead atoms. The van der Waals surface area contributed by atoms with E-state index >= 15 is 0 Å². The molecule has 0 aliphatic heterocycles. The van der Waals surface area contributed by atoms with Crippen molar-refractivity contribution in [1.82, 2.24) is 0 Å². The summed E-state index contributed by atoms with van der Waals surface area (Å²) >= 11 is 0. The van der Waals surface area contributed by atoms with E-state index in [4.69, 9.17) is 0 Å². The lowest BCUT2D eigenvalue weighted by Crippen LogP contribution is -2.40. The molecule has 3 aliphatic carbocycles. The summed E-state index contributed by atoms with van der Waals surface area (Å²) in [6, 6.07) is 12.7. The molecule has 0 spiro atoms. The van der Waals surface area contributed by atoms with Gasteiger partial charge in [0.15, 0.2) is 5.78 Å². The normalized spacial score (nSPS) is 34.9. The van der Waals surface area contributed by atoms with Gasteiger partial charge in [0.1, 0.15) is 0 Å². The van der Waals surface area contributed by atoms with Gasteiger partial charge in [-0.3, -0.25) is 4.79 Å². The van der Waals surface area contributed by atoms with Crippen LogP contribution in [0.4, 0.5) is 0 Å². The lowest BCUT2D eigenvalue weighted by Gasteiger charge is -2.38. The Morgan fingerprint density at radius 2 is 1.96 bits per heavy atom. The number of rotatable bonds is 2. The van der Waals surface area contributed by atoms with E-state index in [0.717, 1.165) is 17.9 Å². The molecule has 4 atom stereocenters. The van der Waals surface area contributed by atoms with Crippen molar-refractivity contribution in [2.45, 2.75) is 45.4 Å². The lowest BCUT2D eigenvalue weighted by molar-refractivity contribution is 0.0570. The van der Waals surface area contributed by atoms with Gasteiger partial charge < -0.3 is 0 Å². The van der Waals surface area contributed by atoms with Crippen LogP contribution in [0.15, 0.2) is 36.4 Å². The Labute approximate surface area is 138 Å². The number of fused-ring (bicyclic) bond motifs is 6. The van der Waals surface area contributed by atoms with Gasteiger partial charge in [-0.1, -0.05) is 42.8 Å². The molecule has 4 unspecified atom stereocenters. The maximum absolute atomic E-state index is 13.7. The number of ketones is 1. The second-order valence-electron chi connectivity index (χ2n) is 8.10. The molecule has 5 rings (SSSR count). The fraction of sp³-hybridized carbons (Fsp3) is 0.500. The van der Waals surface area contributed by atoms with E-state index in [1.54, 1.807) is 0 Å². The maximum atomic E-state index is 13.7. The van der Waals surface area contributed by atoms with Crippen molar-refractivity contribution in [1.29, 1.82) is 0 Å². The predicted molar refractivity (Wildman–Crippen MR) is 93.6 cm³/mol. The fourth-order valence-electron chi connectivity index (χ4n) is 6.46. The minimum atomic E-state index is -0.00384. The molecular formula is C22H24O. The molecular weight excluding hydrogens is 280 g/mol. The van der Waals surface area contributed by atoms with Gasteiger partial charge in [-0.25, -0.2) is 0 Å². The van der Waals surface area contributed by atoms with E-state index < -0.39 is 0 Å². The van der Waals surface area contributed by atoms with Gasteiger partial charge in [-0.05, 0) is 73.1 Å². The minimum absolute atomic E-state index is 0.00384. The highest BCUT2D eigenvalue weighted by Gasteiger charge is 2.63. The van der Waals surface area contributed by atoms with Crippen LogP contribution >= 0.6 is 0 Å². The summed E-state index contributed by atoms with van der Waals surface area (Å²) in [7, 11) is 0. The van der Waals surface area contributed by atoms with Crippen LogP contribution in [0.2, 0.25) is 0 Å². The highest BCUT2D eigenvalue weighted by atomic mass is 16.1. The fourth-order valence-corrected chi connectivity index (χ4v) is 6.46. The van der Waals surface area contributed by atoms with E-state index in [0.29, 0.717) is 17.6 Å². The number of hydrogen-bond donors (Lipinski definition) is 0. The second kappa shape index (κ2) is 4.69. The average molecular weight is 304 g/mol. The first-order chi connectivity index (χ1) is 11.2. The molecule has 0 N–H and O–H groups in total. The first-order valence-electron chi connectivity index (χ1n) is 9.25. The van der Waals surface area contributed by atoms with Gasteiger partial charge >= 0.3 is 0 Å². The monoisotopic (exact) mass is 304 g/mol. The summed E-state index contributed by atoms with van der Waals surface area (Å²) in [6.45, 7) is 2.14. The van der Waals surface area contributed by atoms with Gasteiger partial charge in [-0.2, -0.15) is 0 Å². The van der Waals surface area contributed by atoms with E-state index in [1.165, 1.54) is 48.4 Å². The summed E-state index contributed by atoms with van der Waals surface area (Å²) in [5.74, 6) is 2.67. The third-order valence-corrected chi connectivity index (χ3v) is 7.40. The molecule has 0 amide bonds. The Balaban J connectivity index is 1.65. The molecule has 2 aromatic rings. The van der Waals surface area contributed by atoms with Crippen LogP contribution in [0.3, 0.4) is 0 Å². The molecule has 0 saturated heterocycles. The Hall–Kier alpha value is -1.63. The summed E-state index contributed by atoms with van der Waals surface area (Å²) in [6.07, 6.45) is 7.68. The summed E-state index contributed by atoms with van der Waals surface area (Å²) in [5, 5.41) is 2.49. The first-order valence-corrected chi connectivity index (χ1v) is 9.25. The molecule has 0 heterocycles. The van der Waals surface area contributed by atoms with Crippen LogP contribution in [0.5, 0.6) is 0 Å². The quantitative estimate of drug-likeness (QED) is 0.665. The van der Waals surface area contributed by atoms with Crippen LogP contribution < -0.4 is 0 Å². The number of Topliss-reactive ketones (excluding diaryl/α,β-unsaturated/α-hetero) is 1. The number of carbonyl (C=O) groups is 1. The van der Waals surface area contributed by atoms with Crippen molar-refractivity contribution >= 4 is 16.6 Å². The summed E-state index contributed by atoms with van der Waals surface area (Å²) in [5.41, 5.74) is 2.19. The number of hydrogen-bond acceptors (Lipinski definition) is 1. The lowest BCUT2D eigenvalue weighted by atomic mass is 9.63. The van der Waals surface area contributed by atoms with Crippen LogP contribution in [0.25, 0.3) is 10.8 Å². The standard InChI is InChI=1S/C22H24O/c1-14-18-6-3-2-5-15(18)9-11-19(14)21(23)22-12-4-7-20(22)16-8-10-17(22)13-16/h2-3,5-6,9,11,16-17,20H,4,7-8,10,12-13H2,1H3. The van der Waals surface area contributed by atoms with Crippen molar-refractivity contribution < 1.29 is 4.79 Å². The van der Waals surface area contributed by atoms with Crippen molar-refractivity contribution in [2.75, 3.05) is 0 Å². The maximum Gasteiger partial charge on any atom is 0.169 e. The first kappa shape index (κ1) is 13.8. The van der Waals surface area contributed by atoms with Crippen LogP contribution in [-0.4, -0.2) is 5.78 Å². The van der Waals surface area contributed by atoms with Gasteiger partial charge in [0.2, 0.25) is 0 Å². The van der Waals surface area contributed by atoms with Crippen LogP contribution in [0.1, 0.15) is 54.4 Å². The Morgan fingerprint density at radius 1 is 1.09 bits per heavy atom. The molecule has 0 aromatic heterocycles. The van der Waals surface area contributed by atoms with Gasteiger partial charge in [0.25, 0.3) is 0 Å². The number of carbonyl (C=O) groups excluding carboxylic acids is 1. The van der Waals surface area contributed by atoms with Crippen LogP contribution in [-0.2, 0) is 0 Å². The number of aryl methyl sites for hydroxylation is 1. The SMILES string of the molecule is Cc1c(C(=O)C23CCCC2C2CCC3C2)ccc2ccccc12. The van der Waals surface area contributed by atoms with E-state index in [9.17, 15) is 4.79 Å². The molecule has 23 heavy (non-hydrogen) atoms. The predicted octanol–water partition coefficient (Wildman–Crippen LogP) is 5.55. The van der Waals surface area contributed by atoms with Gasteiger partial charge in [0.05, 0.1) is 0 Å². The Bertz CT molecular complexity index is 805. The molecule has 1 heteroatoms. The van der Waals surface area contributed by atoms with Crippen LogP contribution in [0, 0.1) is 30.1 Å². The zero-order valence-electron chi connectivity index (χ0n) is 13.8. The van der Waals surface area contributed by atoms with Crippen molar-refractivity contribution in [3.8, 4) is 0 Å². The topological polar surface area (TPSA) is 17.1 Å². The molecule has 0 radical (unpaired) electrons. The zero-order valence-corrected chi connectivity index (χ0v) is 13.8. The molecule has 3 saturated carbocycles. The van der Waals surface area contributed by atoms with Gasteiger partial charge in [0, 0.05) is 11.0 Å². The van der Waals surface area contributed by atoms with E-state index in [-0.39, 0.29) is 5.41 Å². The molecule has 118 valence electrons. The van der Waals surface area contributed by atoms with Crippen molar-refractivity contribution in [3.63, 3.8) is 0 Å². The van der Waals surface area contributed by atoms with E-state index in [2.05, 4.69) is 43.3 Å². The molecule has 3 fully saturated rings. The van der Waals surface area contributed by atoms with Gasteiger partial charge in [-0.15, -0.1) is 0 Å². The minimum Gasteiger partial charge on any atom is -0.294 e. The third kappa shape index (κ3) is 1.66. The summed E-state index contributed by atoms with van der Waals surface area (Å²) < 4.78 is 0. The average Bonchev–Trinajstić information content (AvgIpc) is 3.27. The highest BCUT2D eigenvalue weighted by Crippen LogP contribution is 2.67. The molecule has 1 nitrogen and oxygen atoms in total. The van der Waals surface area contributed by atoms with Crippen molar-refractivity contribution in [2.24, 2.45) is 23.2 Å². The largest absolute Gasteiger partial charge is 0.294 e. The second-order valence-corrected chi connectivity index (χ2v) is 8.10. The highest BCUT2D eigenvalue weighted by molar-refractivity contribution is 6.06. The molecule has 2 aromatic carbocycles. The van der Waals surface area contributed by atoms with E-state index in [1.807, 2.05) is 0 Å². The van der Waals surface area contributed by atoms with Crippen molar-refractivity contribution in [3.05, 3.63) is 47.5 Å². The molecule has 3 aliphatic rings.